The maximum absolute atomic E-state index is 13.7. The van der Waals surface area contributed by atoms with Gasteiger partial charge in [0.2, 0.25) is 0 Å². The van der Waals surface area contributed by atoms with Crippen molar-refractivity contribution in [1.82, 2.24) is 0 Å². The van der Waals surface area contributed by atoms with Crippen molar-refractivity contribution in [3.63, 3.8) is 0 Å². The minimum absolute atomic E-state index is 0.0681. The lowest BCUT2D eigenvalue weighted by atomic mass is 9.91. The Hall–Kier alpha value is -4.79. The van der Waals surface area contributed by atoms with E-state index in [-0.39, 0.29) is 25.4 Å². The molecule has 310 valence electrons. The lowest BCUT2D eigenvalue weighted by Crippen LogP contribution is -2.64. The molecule has 2 aliphatic rings. The minimum atomic E-state index is -1.47. The molecule has 2 heterocycles. The summed E-state index contributed by atoms with van der Waals surface area (Å²) in [5.41, 5.74) is 4.02. The molecule has 11 nitrogen and oxygen atoms in total. The molecular weight excluding hydrogens is 753 g/mol. The fourth-order valence-corrected chi connectivity index (χ4v) is 7.33. The first kappa shape index (κ1) is 42.3. The summed E-state index contributed by atoms with van der Waals surface area (Å²) in [7, 11) is 0. The fraction of sp³-hybridized carbons (Fsp3) is 0.354. The topological polar surface area (TPSA) is 131 Å². The molecule has 2 aliphatic heterocycles. The number of carbonyl (C=O) groups excluding carboxylic acids is 1. The van der Waals surface area contributed by atoms with Gasteiger partial charge in [0.05, 0.1) is 51.3 Å². The molecule has 0 amide bonds. The molecule has 2 N–H and O–H groups in total. The number of aliphatic hydroxyl groups is 2. The van der Waals surface area contributed by atoms with Gasteiger partial charge in [0.15, 0.2) is 18.7 Å². The molecule has 4 unspecified atom stereocenters. The Labute approximate surface area is 345 Å². The van der Waals surface area contributed by atoms with Crippen LogP contribution in [0.4, 0.5) is 0 Å². The SMILES string of the molecule is CC1[C@H](OCc2ccccc2)OC(COCc2ccccc2)[C@@H](O[C@@H]2OC(CO)[C@@H](OCc3ccccc3)[C@H](O)C2OC(=O)c2ccccc2)[C@H]1OCc1ccccc1. The second kappa shape index (κ2) is 21.5. The number of hydrogen-bond acceptors (Lipinski definition) is 11. The van der Waals surface area contributed by atoms with E-state index in [2.05, 4.69) is 0 Å². The van der Waals surface area contributed by atoms with Crippen LogP contribution in [0.25, 0.3) is 0 Å². The first-order chi connectivity index (χ1) is 29.0. The van der Waals surface area contributed by atoms with Crippen LogP contribution in [0.15, 0.2) is 152 Å². The number of rotatable bonds is 18. The molecule has 0 aromatic heterocycles. The van der Waals surface area contributed by atoms with Crippen LogP contribution in [0.1, 0.15) is 39.5 Å². The second-order valence-corrected chi connectivity index (χ2v) is 14.8. The highest BCUT2D eigenvalue weighted by atomic mass is 16.8. The van der Waals surface area contributed by atoms with Gasteiger partial charge >= 0.3 is 5.97 Å². The summed E-state index contributed by atoms with van der Waals surface area (Å²) in [6, 6.07) is 47.3. The summed E-state index contributed by atoms with van der Waals surface area (Å²) in [6.07, 6.45) is -9.50. The van der Waals surface area contributed by atoms with Crippen LogP contribution >= 0.6 is 0 Å². The Morgan fingerprint density at radius 1 is 0.542 bits per heavy atom. The summed E-state index contributed by atoms with van der Waals surface area (Å²) < 4.78 is 51.8. The van der Waals surface area contributed by atoms with Crippen molar-refractivity contribution in [1.29, 1.82) is 0 Å². The third-order valence-electron chi connectivity index (χ3n) is 10.5. The van der Waals surface area contributed by atoms with Crippen LogP contribution in [0, 0.1) is 5.92 Å². The zero-order chi connectivity index (χ0) is 40.8. The molecule has 2 saturated heterocycles. The van der Waals surface area contributed by atoms with Gasteiger partial charge in [-0.1, -0.05) is 146 Å². The molecule has 5 aromatic carbocycles. The lowest BCUT2D eigenvalue weighted by molar-refractivity contribution is -0.360. The van der Waals surface area contributed by atoms with E-state index in [0.717, 1.165) is 22.3 Å². The number of esters is 1. The summed E-state index contributed by atoms with van der Waals surface area (Å²) in [5.74, 6) is -1.09. The van der Waals surface area contributed by atoms with E-state index in [0.29, 0.717) is 13.2 Å². The van der Waals surface area contributed by atoms with Crippen molar-refractivity contribution in [3.05, 3.63) is 179 Å². The molecule has 0 saturated carbocycles. The predicted molar refractivity (Wildman–Crippen MR) is 217 cm³/mol. The van der Waals surface area contributed by atoms with Crippen molar-refractivity contribution in [2.24, 2.45) is 5.92 Å². The molecule has 5 aromatic rings. The van der Waals surface area contributed by atoms with E-state index in [1.165, 1.54) is 0 Å². The normalized spacial score (nSPS) is 26.9. The Kier molecular flexibility index (Phi) is 15.4. The summed E-state index contributed by atoms with van der Waals surface area (Å²) in [4.78, 5) is 13.7. The number of carbonyl (C=O) groups is 1. The second-order valence-electron chi connectivity index (χ2n) is 14.8. The minimum Gasteiger partial charge on any atom is -0.450 e. The van der Waals surface area contributed by atoms with Gasteiger partial charge < -0.3 is 48.1 Å². The average Bonchev–Trinajstić information content (AvgIpc) is 3.28. The van der Waals surface area contributed by atoms with Crippen LogP contribution in [0.2, 0.25) is 0 Å². The van der Waals surface area contributed by atoms with Crippen LogP contribution in [0.5, 0.6) is 0 Å². The summed E-state index contributed by atoms with van der Waals surface area (Å²) in [5, 5.41) is 22.7. The molecule has 0 aliphatic carbocycles. The number of ether oxygens (including phenoxy) is 8. The van der Waals surface area contributed by atoms with E-state index in [1.54, 1.807) is 30.3 Å². The van der Waals surface area contributed by atoms with Gasteiger partial charge in [0.1, 0.15) is 30.5 Å². The molecule has 0 spiro atoms. The van der Waals surface area contributed by atoms with Gasteiger partial charge in [-0.25, -0.2) is 4.79 Å². The molecule has 0 bridgehead atoms. The molecular formula is C48H52O11. The smallest absolute Gasteiger partial charge is 0.338 e. The van der Waals surface area contributed by atoms with E-state index in [9.17, 15) is 15.0 Å². The summed E-state index contributed by atoms with van der Waals surface area (Å²) >= 11 is 0. The average molecular weight is 805 g/mol. The Bertz CT molecular complexity index is 1950. The number of aliphatic hydroxyl groups excluding tert-OH is 2. The highest BCUT2D eigenvalue weighted by molar-refractivity contribution is 5.89. The number of benzene rings is 5. The molecule has 7 rings (SSSR count). The third-order valence-corrected chi connectivity index (χ3v) is 10.5. The molecule has 2 fully saturated rings. The Morgan fingerprint density at radius 2 is 1.00 bits per heavy atom. The zero-order valence-electron chi connectivity index (χ0n) is 33.0. The third kappa shape index (κ3) is 11.5. The van der Waals surface area contributed by atoms with E-state index in [1.807, 2.05) is 128 Å². The monoisotopic (exact) mass is 804 g/mol. The van der Waals surface area contributed by atoms with Crippen molar-refractivity contribution >= 4 is 5.97 Å². The summed E-state index contributed by atoms with van der Waals surface area (Å²) in [6.45, 7) is 2.48. The lowest BCUT2D eigenvalue weighted by Gasteiger charge is -2.49. The van der Waals surface area contributed by atoms with Crippen molar-refractivity contribution in [3.8, 4) is 0 Å². The van der Waals surface area contributed by atoms with E-state index >= 15 is 0 Å². The van der Waals surface area contributed by atoms with Gasteiger partial charge in [-0.15, -0.1) is 0 Å². The molecule has 59 heavy (non-hydrogen) atoms. The van der Waals surface area contributed by atoms with E-state index in [4.69, 9.17) is 37.9 Å². The van der Waals surface area contributed by atoms with Crippen LogP contribution < -0.4 is 0 Å². The zero-order valence-corrected chi connectivity index (χ0v) is 33.0. The van der Waals surface area contributed by atoms with Gasteiger partial charge in [-0.3, -0.25) is 0 Å². The standard InChI is InChI=1S/C48H52O11/c1-33-42(53-29-35-19-9-3-10-20-35)44(40(32-52-28-34-17-7-2-8-18-34)57-47(33)55-31-37-23-13-5-14-24-37)59-48-45(58-46(51)38-25-15-6-16-26-38)41(50)43(39(27-49)56-48)54-30-36-21-11-4-12-22-36/h2-26,33,39-45,47-50H,27-32H2,1H3/t33?,39?,40?,41-,42-,43+,44+,45?,47+,48-/m0/s1. The first-order valence-electron chi connectivity index (χ1n) is 20.1. The van der Waals surface area contributed by atoms with Gasteiger partial charge in [-0.2, -0.15) is 0 Å². The van der Waals surface area contributed by atoms with Crippen LogP contribution in [-0.2, 0) is 64.3 Å². The van der Waals surface area contributed by atoms with Crippen LogP contribution in [-0.4, -0.2) is 84.7 Å². The largest absolute Gasteiger partial charge is 0.450 e. The molecule has 0 radical (unpaired) electrons. The maximum atomic E-state index is 13.7. The van der Waals surface area contributed by atoms with Gasteiger partial charge in [0.25, 0.3) is 0 Å². The molecule has 10 atom stereocenters. The first-order valence-corrected chi connectivity index (χ1v) is 20.1. The van der Waals surface area contributed by atoms with Crippen molar-refractivity contribution in [2.75, 3.05) is 13.2 Å². The van der Waals surface area contributed by atoms with E-state index < -0.39 is 73.8 Å². The maximum Gasteiger partial charge on any atom is 0.338 e. The Balaban J connectivity index is 1.19. The number of hydrogen-bond donors (Lipinski definition) is 2. The van der Waals surface area contributed by atoms with Gasteiger partial charge in [0, 0.05) is 5.92 Å². The van der Waals surface area contributed by atoms with Gasteiger partial charge in [-0.05, 0) is 34.4 Å². The van der Waals surface area contributed by atoms with Crippen molar-refractivity contribution in [2.45, 2.75) is 88.7 Å². The highest BCUT2D eigenvalue weighted by Gasteiger charge is 2.53. The molecule has 11 heteroatoms. The Morgan fingerprint density at radius 3 is 1.53 bits per heavy atom. The quantitative estimate of drug-likeness (QED) is 0.0925. The predicted octanol–water partition coefficient (Wildman–Crippen LogP) is 6.64. The fourth-order valence-electron chi connectivity index (χ4n) is 7.33. The van der Waals surface area contributed by atoms with Crippen LogP contribution in [0.3, 0.4) is 0 Å². The highest BCUT2D eigenvalue weighted by Crippen LogP contribution is 2.36. The van der Waals surface area contributed by atoms with Crippen molar-refractivity contribution < 1.29 is 52.9 Å².